The van der Waals surface area contributed by atoms with Gasteiger partial charge in [0.1, 0.15) is 11.9 Å². The highest BCUT2D eigenvalue weighted by atomic mass is 16.3. The first-order valence-corrected chi connectivity index (χ1v) is 6.11. The second-order valence-corrected chi connectivity index (χ2v) is 4.76. The first-order chi connectivity index (χ1) is 8.25. The van der Waals surface area contributed by atoms with Crippen LogP contribution in [0.25, 0.3) is 0 Å². The van der Waals surface area contributed by atoms with E-state index in [1.54, 1.807) is 12.1 Å². The molecule has 17 heavy (non-hydrogen) atoms. The number of carbonyl (C=O) groups is 1. The average molecular weight is 232 g/mol. The van der Waals surface area contributed by atoms with E-state index >= 15 is 0 Å². The second kappa shape index (κ2) is 4.04. The van der Waals surface area contributed by atoms with Crippen molar-refractivity contribution in [2.24, 2.45) is 0 Å². The van der Waals surface area contributed by atoms with Crippen LogP contribution >= 0.6 is 0 Å². The van der Waals surface area contributed by atoms with Gasteiger partial charge in [-0.05, 0) is 30.5 Å². The Morgan fingerprint density at radius 2 is 2.24 bits per heavy atom. The molecule has 2 saturated heterocycles. The van der Waals surface area contributed by atoms with Crippen LogP contribution in [-0.2, 0) is 4.79 Å². The fraction of sp³-hybridized carbons (Fsp3) is 0.462. The molecule has 2 aliphatic rings. The van der Waals surface area contributed by atoms with E-state index in [0.717, 1.165) is 31.4 Å². The van der Waals surface area contributed by atoms with E-state index in [4.69, 9.17) is 0 Å². The zero-order chi connectivity index (χ0) is 11.8. The van der Waals surface area contributed by atoms with Gasteiger partial charge in [-0.25, -0.2) is 0 Å². The van der Waals surface area contributed by atoms with Gasteiger partial charge in [0, 0.05) is 6.54 Å². The summed E-state index contributed by atoms with van der Waals surface area (Å²) in [6.07, 6.45) is 3.14. The van der Waals surface area contributed by atoms with E-state index in [0.29, 0.717) is 0 Å². The van der Waals surface area contributed by atoms with Crippen molar-refractivity contribution >= 4 is 5.91 Å². The SMILES string of the molecule is O=C1NC(c2cccc(O)c2)N2CCCCC12. The third-order valence-electron chi connectivity index (χ3n) is 3.64. The molecule has 2 heterocycles. The van der Waals surface area contributed by atoms with Gasteiger partial charge in [0.25, 0.3) is 0 Å². The molecule has 2 atom stereocenters. The molecule has 2 aliphatic heterocycles. The number of amides is 1. The minimum Gasteiger partial charge on any atom is -0.508 e. The molecule has 4 nitrogen and oxygen atoms in total. The number of hydrogen-bond acceptors (Lipinski definition) is 3. The van der Waals surface area contributed by atoms with Crippen molar-refractivity contribution in [3.63, 3.8) is 0 Å². The minimum atomic E-state index is -0.0695. The van der Waals surface area contributed by atoms with Crippen LogP contribution in [0.3, 0.4) is 0 Å². The quantitative estimate of drug-likeness (QED) is 0.769. The number of rotatable bonds is 1. The van der Waals surface area contributed by atoms with Crippen LogP contribution < -0.4 is 5.32 Å². The molecule has 0 aromatic heterocycles. The van der Waals surface area contributed by atoms with Crippen molar-refractivity contribution in [1.82, 2.24) is 10.2 Å². The predicted octanol–water partition coefficient (Wildman–Crippen LogP) is 1.38. The Bertz CT molecular complexity index is 447. The van der Waals surface area contributed by atoms with Crippen LogP contribution in [0.1, 0.15) is 31.0 Å². The van der Waals surface area contributed by atoms with Crippen molar-refractivity contribution in [3.8, 4) is 5.75 Å². The second-order valence-electron chi connectivity index (χ2n) is 4.76. The molecule has 0 spiro atoms. The molecule has 3 rings (SSSR count). The molecule has 1 amide bonds. The standard InChI is InChI=1S/C13H16N2O2/c16-10-5-3-4-9(8-10)12-14-13(17)11-6-1-2-7-15(11)12/h3-5,8,11-12,16H,1-2,6-7H2,(H,14,17). The summed E-state index contributed by atoms with van der Waals surface area (Å²) in [6.45, 7) is 0.948. The van der Waals surface area contributed by atoms with E-state index < -0.39 is 0 Å². The van der Waals surface area contributed by atoms with Crippen molar-refractivity contribution in [2.75, 3.05) is 6.54 Å². The summed E-state index contributed by atoms with van der Waals surface area (Å²) in [7, 11) is 0. The van der Waals surface area contributed by atoms with Gasteiger partial charge in [0.05, 0.1) is 6.04 Å². The number of phenolic OH excluding ortho intramolecular Hbond substituents is 1. The summed E-state index contributed by atoms with van der Waals surface area (Å²) in [5, 5.41) is 12.5. The van der Waals surface area contributed by atoms with Crippen molar-refractivity contribution in [3.05, 3.63) is 29.8 Å². The van der Waals surface area contributed by atoms with Crippen molar-refractivity contribution < 1.29 is 9.90 Å². The summed E-state index contributed by atoms with van der Waals surface area (Å²) in [5.41, 5.74) is 0.961. The number of hydrogen-bond donors (Lipinski definition) is 2. The zero-order valence-electron chi connectivity index (χ0n) is 9.60. The number of phenols is 1. The Morgan fingerprint density at radius 1 is 1.35 bits per heavy atom. The van der Waals surface area contributed by atoms with Gasteiger partial charge in [-0.3, -0.25) is 9.69 Å². The van der Waals surface area contributed by atoms with Crippen molar-refractivity contribution in [2.45, 2.75) is 31.5 Å². The molecule has 2 fully saturated rings. The van der Waals surface area contributed by atoms with Gasteiger partial charge in [0.2, 0.25) is 5.91 Å². The van der Waals surface area contributed by atoms with Gasteiger partial charge in [-0.15, -0.1) is 0 Å². The summed E-state index contributed by atoms with van der Waals surface area (Å²) < 4.78 is 0. The van der Waals surface area contributed by atoms with E-state index in [2.05, 4.69) is 10.2 Å². The van der Waals surface area contributed by atoms with Gasteiger partial charge >= 0.3 is 0 Å². The number of nitrogens with zero attached hydrogens (tertiary/aromatic N) is 1. The molecule has 0 bridgehead atoms. The number of piperidine rings is 1. The molecular weight excluding hydrogens is 216 g/mol. The minimum absolute atomic E-state index is 0.0242. The van der Waals surface area contributed by atoms with Gasteiger partial charge in [0.15, 0.2) is 0 Å². The third-order valence-corrected chi connectivity index (χ3v) is 3.64. The van der Waals surface area contributed by atoms with Crippen LogP contribution in [0, 0.1) is 0 Å². The number of carbonyl (C=O) groups excluding carboxylic acids is 1. The van der Waals surface area contributed by atoms with Gasteiger partial charge < -0.3 is 10.4 Å². The molecule has 0 aliphatic carbocycles. The first-order valence-electron chi connectivity index (χ1n) is 6.11. The first kappa shape index (κ1) is 10.6. The highest BCUT2D eigenvalue weighted by molar-refractivity contribution is 5.84. The maximum atomic E-state index is 11.9. The highest BCUT2D eigenvalue weighted by Crippen LogP contribution is 2.32. The Morgan fingerprint density at radius 3 is 3.06 bits per heavy atom. The molecule has 0 radical (unpaired) electrons. The van der Waals surface area contributed by atoms with E-state index in [-0.39, 0.29) is 23.9 Å². The zero-order valence-corrected chi connectivity index (χ0v) is 9.60. The lowest BCUT2D eigenvalue weighted by Gasteiger charge is -2.31. The smallest absolute Gasteiger partial charge is 0.238 e. The fourth-order valence-electron chi connectivity index (χ4n) is 2.83. The molecule has 1 aromatic carbocycles. The highest BCUT2D eigenvalue weighted by Gasteiger charge is 2.41. The molecule has 1 aromatic rings. The molecule has 2 N–H and O–H groups in total. The summed E-state index contributed by atoms with van der Waals surface area (Å²) in [4.78, 5) is 14.1. The Kier molecular flexibility index (Phi) is 2.52. The maximum absolute atomic E-state index is 11.9. The maximum Gasteiger partial charge on any atom is 0.238 e. The normalized spacial score (nSPS) is 28.8. The molecule has 90 valence electrons. The van der Waals surface area contributed by atoms with E-state index in [1.807, 2.05) is 12.1 Å². The fourth-order valence-corrected chi connectivity index (χ4v) is 2.83. The van der Waals surface area contributed by atoms with Crippen LogP contribution in [0.5, 0.6) is 5.75 Å². The number of aromatic hydroxyl groups is 1. The summed E-state index contributed by atoms with van der Waals surface area (Å²) in [6, 6.07) is 7.15. The third kappa shape index (κ3) is 1.78. The predicted molar refractivity (Wildman–Crippen MR) is 63.3 cm³/mol. The lowest BCUT2D eigenvalue weighted by Crippen LogP contribution is -2.38. The number of fused-ring (bicyclic) bond motifs is 1. The monoisotopic (exact) mass is 232 g/mol. The van der Waals surface area contributed by atoms with E-state index in [9.17, 15) is 9.90 Å². The van der Waals surface area contributed by atoms with Gasteiger partial charge in [-0.1, -0.05) is 18.6 Å². The molecule has 2 unspecified atom stereocenters. The lowest BCUT2D eigenvalue weighted by atomic mass is 10.0. The van der Waals surface area contributed by atoms with Crippen LogP contribution in [0.2, 0.25) is 0 Å². The Hall–Kier alpha value is -1.55. The summed E-state index contributed by atoms with van der Waals surface area (Å²) in [5.74, 6) is 0.371. The van der Waals surface area contributed by atoms with Crippen LogP contribution in [0.4, 0.5) is 0 Å². The van der Waals surface area contributed by atoms with Crippen LogP contribution in [0.15, 0.2) is 24.3 Å². The largest absolute Gasteiger partial charge is 0.508 e. The van der Waals surface area contributed by atoms with E-state index in [1.165, 1.54) is 0 Å². The topological polar surface area (TPSA) is 52.6 Å². The lowest BCUT2D eigenvalue weighted by molar-refractivity contribution is -0.122. The van der Waals surface area contributed by atoms with Crippen molar-refractivity contribution in [1.29, 1.82) is 0 Å². The number of benzene rings is 1. The number of nitrogens with one attached hydrogen (secondary N) is 1. The molecule has 4 heteroatoms. The Balaban J connectivity index is 1.91. The average Bonchev–Trinajstić information content (AvgIpc) is 2.68. The Labute approximate surface area is 100 Å². The van der Waals surface area contributed by atoms with Crippen LogP contribution in [-0.4, -0.2) is 28.5 Å². The molecule has 0 saturated carbocycles. The van der Waals surface area contributed by atoms with Gasteiger partial charge in [-0.2, -0.15) is 0 Å². The molecular formula is C13H16N2O2. The summed E-state index contributed by atoms with van der Waals surface area (Å²) >= 11 is 0.